The van der Waals surface area contributed by atoms with Gasteiger partial charge in [-0.1, -0.05) is 54.6 Å². The summed E-state index contributed by atoms with van der Waals surface area (Å²) in [5.41, 5.74) is 4.28. The number of amides is 1. The van der Waals surface area contributed by atoms with Crippen molar-refractivity contribution in [3.63, 3.8) is 0 Å². The Hall–Kier alpha value is -3.18. The Morgan fingerprint density at radius 1 is 1.04 bits per heavy atom. The highest BCUT2D eigenvalue weighted by Crippen LogP contribution is 2.28. The second-order valence-electron chi connectivity index (χ2n) is 6.32. The maximum Gasteiger partial charge on any atom is 0.259 e. The van der Waals surface area contributed by atoms with E-state index in [1.807, 2.05) is 77.8 Å². The predicted molar refractivity (Wildman–Crippen MR) is 110 cm³/mol. The molecule has 0 fully saturated rings. The van der Waals surface area contributed by atoms with Crippen LogP contribution in [-0.2, 0) is 6.54 Å². The molecule has 5 heteroatoms. The summed E-state index contributed by atoms with van der Waals surface area (Å²) >= 11 is 1.58. The molecular weight excluding hydrogens is 354 g/mol. The molecule has 4 aromatic rings. The van der Waals surface area contributed by atoms with Gasteiger partial charge in [0.2, 0.25) is 0 Å². The minimum Gasteiger partial charge on any atom is -0.322 e. The number of hydrogen-bond donors (Lipinski definition) is 1. The Morgan fingerprint density at radius 3 is 2.56 bits per heavy atom. The number of carbonyl (C=O) groups excluding carboxylic acids is 1. The first-order valence-electron chi connectivity index (χ1n) is 8.73. The van der Waals surface area contributed by atoms with Crippen molar-refractivity contribution in [1.82, 2.24) is 9.78 Å². The van der Waals surface area contributed by atoms with Crippen LogP contribution in [0.25, 0.3) is 10.6 Å². The van der Waals surface area contributed by atoms with Crippen LogP contribution in [0.1, 0.15) is 21.5 Å². The Morgan fingerprint density at radius 2 is 1.81 bits per heavy atom. The highest BCUT2D eigenvalue weighted by Gasteiger charge is 2.19. The molecular formula is C22H19N3OS. The topological polar surface area (TPSA) is 46.9 Å². The molecule has 4 rings (SSSR count). The number of para-hydroxylation sites is 1. The zero-order chi connectivity index (χ0) is 18.6. The van der Waals surface area contributed by atoms with Gasteiger partial charge >= 0.3 is 0 Å². The highest BCUT2D eigenvalue weighted by molar-refractivity contribution is 7.13. The van der Waals surface area contributed by atoms with Crippen LogP contribution in [0, 0.1) is 6.92 Å². The molecule has 0 radical (unpaired) electrons. The minimum atomic E-state index is -0.146. The van der Waals surface area contributed by atoms with E-state index in [1.165, 1.54) is 0 Å². The van der Waals surface area contributed by atoms with E-state index < -0.39 is 0 Å². The van der Waals surface area contributed by atoms with Crippen molar-refractivity contribution in [1.29, 1.82) is 0 Å². The summed E-state index contributed by atoms with van der Waals surface area (Å²) in [4.78, 5) is 14.0. The first-order chi connectivity index (χ1) is 13.2. The Labute approximate surface area is 162 Å². The lowest BCUT2D eigenvalue weighted by molar-refractivity contribution is 0.102. The second-order valence-corrected chi connectivity index (χ2v) is 7.27. The second kappa shape index (κ2) is 7.60. The van der Waals surface area contributed by atoms with Crippen LogP contribution in [-0.4, -0.2) is 15.7 Å². The van der Waals surface area contributed by atoms with Gasteiger partial charge in [-0.05, 0) is 35.6 Å². The van der Waals surface area contributed by atoms with Gasteiger partial charge in [0.25, 0.3) is 5.91 Å². The van der Waals surface area contributed by atoms with E-state index in [0.29, 0.717) is 17.8 Å². The summed E-state index contributed by atoms with van der Waals surface area (Å²) in [6.45, 7) is 2.60. The van der Waals surface area contributed by atoms with Crippen LogP contribution in [0.4, 0.5) is 5.69 Å². The first-order valence-corrected chi connectivity index (χ1v) is 9.61. The fraction of sp³-hybridized carbons (Fsp3) is 0.0909. The highest BCUT2D eigenvalue weighted by atomic mass is 32.1. The van der Waals surface area contributed by atoms with E-state index in [9.17, 15) is 4.79 Å². The van der Waals surface area contributed by atoms with Gasteiger partial charge in [0, 0.05) is 11.9 Å². The summed E-state index contributed by atoms with van der Waals surface area (Å²) in [5.74, 6) is -0.146. The summed E-state index contributed by atoms with van der Waals surface area (Å²) in [5, 5.41) is 9.71. The molecule has 0 spiro atoms. The van der Waals surface area contributed by atoms with Crippen LogP contribution < -0.4 is 5.32 Å². The Kier molecular flexibility index (Phi) is 4.85. The third-order valence-corrected chi connectivity index (χ3v) is 5.22. The fourth-order valence-corrected chi connectivity index (χ4v) is 3.66. The lowest BCUT2D eigenvalue weighted by Gasteiger charge is -2.07. The standard InChI is InChI=1S/C22H19N3OS/c1-16-8-5-6-11-19(16)23-22(26)18-15-25(14-17-9-3-2-4-10-17)24-21(18)20-12-7-13-27-20/h2-13,15H,14H2,1H3,(H,23,26). The minimum absolute atomic E-state index is 0.146. The first kappa shape index (κ1) is 17.2. The van der Waals surface area contributed by atoms with Gasteiger partial charge in [-0.3, -0.25) is 9.48 Å². The Balaban J connectivity index is 1.68. The quantitative estimate of drug-likeness (QED) is 0.521. The molecule has 0 bridgehead atoms. The maximum absolute atomic E-state index is 13.0. The normalized spacial score (nSPS) is 10.7. The number of benzene rings is 2. The fourth-order valence-electron chi connectivity index (χ4n) is 2.94. The van der Waals surface area contributed by atoms with Gasteiger partial charge in [0.05, 0.1) is 17.0 Å². The number of carbonyl (C=O) groups is 1. The molecule has 0 aliphatic heterocycles. The number of rotatable bonds is 5. The molecule has 0 atom stereocenters. The van der Waals surface area contributed by atoms with Crippen molar-refractivity contribution in [3.8, 4) is 10.6 Å². The molecule has 0 aliphatic rings. The molecule has 2 aromatic carbocycles. The maximum atomic E-state index is 13.0. The third-order valence-electron chi connectivity index (χ3n) is 4.34. The van der Waals surface area contributed by atoms with Crippen molar-refractivity contribution in [2.24, 2.45) is 0 Å². The van der Waals surface area contributed by atoms with Gasteiger partial charge in [0.1, 0.15) is 5.69 Å². The van der Waals surface area contributed by atoms with Crippen LogP contribution in [0.2, 0.25) is 0 Å². The SMILES string of the molecule is Cc1ccccc1NC(=O)c1cn(Cc2ccccc2)nc1-c1cccs1. The lowest BCUT2D eigenvalue weighted by atomic mass is 10.1. The molecule has 2 aromatic heterocycles. The van der Waals surface area contributed by atoms with E-state index in [0.717, 1.165) is 21.7 Å². The predicted octanol–water partition coefficient (Wildman–Crippen LogP) is 5.22. The number of thiophene rings is 1. The monoisotopic (exact) mass is 373 g/mol. The van der Waals surface area contributed by atoms with E-state index in [-0.39, 0.29) is 5.91 Å². The van der Waals surface area contributed by atoms with Gasteiger partial charge < -0.3 is 5.32 Å². The van der Waals surface area contributed by atoms with Crippen molar-refractivity contribution in [2.75, 3.05) is 5.32 Å². The molecule has 1 N–H and O–H groups in total. The van der Waals surface area contributed by atoms with Gasteiger partial charge in [-0.15, -0.1) is 11.3 Å². The molecule has 0 unspecified atom stereocenters. The van der Waals surface area contributed by atoms with E-state index >= 15 is 0 Å². The zero-order valence-electron chi connectivity index (χ0n) is 14.9. The van der Waals surface area contributed by atoms with Gasteiger partial charge in [-0.25, -0.2) is 0 Å². The van der Waals surface area contributed by atoms with Crippen LogP contribution >= 0.6 is 11.3 Å². The third kappa shape index (κ3) is 3.83. The molecule has 134 valence electrons. The molecule has 0 saturated heterocycles. The van der Waals surface area contributed by atoms with Crippen molar-refractivity contribution >= 4 is 22.9 Å². The zero-order valence-corrected chi connectivity index (χ0v) is 15.7. The summed E-state index contributed by atoms with van der Waals surface area (Å²) in [6.07, 6.45) is 1.83. The lowest BCUT2D eigenvalue weighted by Crippen LogP contribution is -2.13. The number of aryl methyl sites for hydroxylation is 1. The number of aromatic nitrogens is 2. The van der Waals surface area contributed by atoms with E-state index in [2.05, 4.69) is 17.4 Å². The summed E-state index contributed by atoms with van der Waals surface area (Å²) < 4.78 is 1.83. The molecule has 0 saturated carbocycles. The van der Waals surface area contributed by atoms with Crippen molar-refractivity contribution in [2.45, 2.75) is 13.5 Å². The largest absolute Gasteiger partial charge is 0.322 e. The van der Waals surface area contributed by atoms with E-state index in [4.69, 9.17) is 5.10 Å². The molecule has 27 heavy (non-hydrogen) atoms. The molecule has 0 aliphatic carbocycles. The summed E-state index contributed by atoms with van der Waals surface area (Å²) in [7, 11) is 0. The number of anilines is 1. The van der Waals surface area contributed by atoms with Gasteiger partial charge in [0.15, 0.2) is 0 Å². The van der Waals surface area contributed by atoms with Gasteiger partial charge in [-0.2, -0.15) is 5.10 Å². The molecule has 2 heterocycles. The van der Waals surface area contributed by atoms with Crippen LogP contribution in [0.15, 0.2) is 78.3 Å². The number of nitrogens with zero attached hydrogens (tertiary/aromatic N) is 2. The molecule has 4 nitrogen and oxygen atoms in total. The number of hydrogen-bond acceptors (Lipinski definition) is 3. The molecule has 1 amide bonds. The number of nitrogens with one attached hydrogen (secondary N) is 1. The Bertz CT molecular complexity index is 1050. The average molecular weight is 373 g/mol. The van der Waals surface area contributed by atoms with Crippen molar-refractivity contribution in [3.05, 3.63) is 95.0 Å². The summed E-state index contributed by atoms with van der Waals surface area (Å²) in [6, 6.07) is 21.8. The van der Waals surface area contributed by atoms with E-state index in [1.54, 1.807) is 11.3 Å². The van der Waals surface area contributed by atoms with Crippen LogP contribution in [0.3, 0.4) is 0 Å². The average Bonchev–Trinajstić information content (AvgIpc) is 3.34. The van der Waals surface area contributed by atoms with Crippen LogP contribution in [0.5, 0.6) is 0 Å². The smallest absolute Gasteiger partial charge is 0.259 e. The van der Waals surface area contributed by atoms with Crippen molar-refractivity contribution < 1.29 is 4.79 Å².